The van der Waals surface area contributed by atoms with Gasteiger partial charge in [0.05, 0.1) is 69.3 Å². The standard InChI is InChI=1S/C24H40N4O7S.C16H18N2O9S.C14H20N2O3.C10H20N2O4S.C2H7N.CH4/c1-3-26-22(31)18-6-4-17(5-7-18)13-28-21(30)12-20(24(28)33)36-15-19(25)23(32)27-8-9-34-10-11-35-14-16(2)29;19-12-5-6-13(20)17(12)8-9-1-3-10(4-2-9)16(23)25-18-14(21)7-11(15(18)22)28-27-26-24;1-2-15-14(19)11-5-3-10(4-6-11)9-16-12(17)7-8-13(16)18;1-8(13)6-16-5-4-15-3-2-12-10(14)9(11)7-17;1-2-3;/h17-20H,3-15,25H2,1-2H3,(H,26,31)(H,27,32);5-6,9-11,24H,1-4,7-8H2;7-8,10-11H,2-6,9H2,1H3,(H,15,19);9,17H,2-7,11H2,1H3,(H,12,14);2-3H2,1H3;1H4/t17?,18?,19-,20?;;;9-;;/m0..0../s1. The fraction of sp³-hybridized carbons (Fsp3) is 0.716. The molecule has 0 aromatic rings. The smallest absolute Gasteiger partial charge is 0.336 e. The van der Waals surface area contributed by atoms with Crippen molar-refractivity contribution in [3.8, 4) is 0 Å². The van der Waals surface area contributed by atoms with Crippen molar-refractivity contribution < 1.29 is 110 Å². The van der Waals surface area contributed by atoms with Crippen LogP contribution in [-0.2, 0) is 105 Å². The van der Waals surface area contributed by atoms with Crippen LogP contribution in [-0.4, -0.2) is 253 Å². The molecular formula is C67H109N11O23S3. The summed E-state index contributed by atoms with van der Waals surface area (Å²) in [5.74, 6) is -3.28. The van der Waals surface area contributed by atoms with E-state index < -0.39 is 46.3 Å². The van der Waals surface area contributed by atoms with Crippen LogP contribution in [0.15, 0.2) is 24.3 Å². The lowest BCUT2D eigenvalue weighted by Gasteiger charge is -2.30. The van der Waals surface area contributed by atoms with Gasteiger partial charge in [-0.2, -0.15) is 12.6 Å². The van der Waals surface area contributed by atoms with Crippen molar-refractivity contribution in [2.75, 3.05) is 117 Å². The normalized spacial score (nSPS) is 22.5. The number of amides is 12. The monoisotopic (exact) mass is 1530 g/mol. The van der Waals surface area contributed by atoms with Crippen molar-refractivity contribution in [2.45, 2.75) is 155 Å². The summed E-state index contributed by atoms with van der Waals surface area (Å²) in [6, 6.07) is -1.40. The zero-order valence-corrected chi connectivity index (χ0v) is 62.0. The van der Waals surface area contributed by atoms with Crippen molar-refractivity contribution >= 4 is 125 Å². The SMILES string of the molecule is C.CC(=O)COCCOCCNC(=O)[C@@H](N)CS.CCN.CCNC(=O)C1CCC(CN2C(=O)C=CC2=O)CC1.CCNC(=O)C1CCC(CN2C(=O)CC(SC[C@H](N)C(=O)NCCOCCOCC(C)=O)C2=O)CC1.O=C(ON1C(=O)CC(SOOO)C1=O)C1CCC(CN2C(=O)C=CC2=O)CC1. The van der Waals surface area contributed by atoms with Crippen molar-refractivity contribution in [3.05, 3.63) is 24.3 Å². The molecule has 4 heterocycles. The number of imide groups is 4. The predicted octanol–water partition coefficient (Wildman–Crippen LogP) is 0.665. The van der Waals surface area contributed by atoms with Crippen molar-refractivity contribution in [2.24, 2.45) is 52.7 Å². The molecule has 2 unspecified atom stereocenters. The van der Waals surface area contributed by atoms with Crippen molar-refractivity contribution in [3.63, 3.8) is 0 Å². The second-order valence-electron chi connectivity index (χ2n) is 25.0. The number of nitrogens with zero attached hydrogens (tertiary/aromatic N) is 4. The lowest BCUT2D eigenvalue weighted by atomic mass is 9.81. The van der Waals surface area contributed by atoms with Gasteiger partial charge in [0.25, 0.3) is 35.4 Å². The molecule has 12 amide bonds. The third-order valence-corrected chi connectivity index (χ3v) is 19.3. The molecule has 7 rings (SSSR count). The molecule has 0 aromatic heterocycles. The Morgan fingerprint density at radius 1 is 0.538 bits per heavy atom. The number of hydrogen-bond donors (Lipinski definition) is 9. The van der Waals surface area contributed by atoms with Gasteiger partial charge in [-0.15, -0.1) is 21.2 Å². The van der Waals surface area contributed by atoms with Crippen LogP contribution in [0.1, 0.15) is 132 Å². The molecule has 37 heteroatoms. The maximum absolute atomic E-state index is 12.8. The number of carbonyl (C=O) groups is 15. The first kappa shape index (κ1) is 93.5. The fourth-order valence-corrected chi connectivity index (χ4v) is 13.2. The minimum Gasteiger partial charge on any atom is -0.377 e. The molecule has 588 valence electrons. The Morgan fingerprint density at radius 3 is 1.32 bits per heavy atom. The summed E-state index contributed by atoms with van der Waals surface area (Å²) < 4.78 is 24.7. The Balaban J connectivity index is 0.000000482. The molecular weight excluding hydrogens is 1420 g/mol. The first-order valence-corrected chi connectivity index (χ1v) is 37.2. The quantitative estimate of drug-likeness (QED) is 0.0103. The van der Waals surface area contributed by atoms with Crippen LogP contribution in [0.25, 0.3) is 0 Å². The highest BCUT2D eigenvalue weighted by atomic mass is 32.2. The van der Waals surface area contributed by atoms with E-state index in [2.05, 4.69) is 43.3 Å². The van der Waals surface area contributed by atoms with Gasteiger partial charge in [0, 0.05) is 112 Å². The highest BCUT2D eigenvalue weighted by Gasteiger charge is 2.45. The van der Waals surface area contributed by atoms with E-state index in [0.29, 0.717) is 127 Å². The van der Waals surface area contributed by atoms with E-state index >= 15 is 0 Å². The van der Waals surface area contributed by atoms with Gasteiger partial charge in [-0.1, -0.05) is 19.4 Å². The second-order valence-corrected chi connectivity index (χ2v) is 27.5. The fourth-order valence-electron chi connectivity index (χ4n) is 11.4. The maximum atomic E-state index is 12.8. The summed E-state index contributed by atoms with van der Waals surface area (Å²) in [5.41, 5.74) is 16.3. The molecule has 4 atom stereocenters. The highest BCUT2D eigenvalue weighted by molar-refractivity contribution is 8.00. The summed E-state index contributed by atoms with van der Waals surface area (Å²) in [5, 5.41) is 21.4. The third kappa shape index (κ3) is 34.7. The molecule has 3 aliphatic carbocycles. The number of thioether (sulfide) groups is 1. The minimum atomic E-state index is -0.979. The Labute approximate surface area is 621 Å². The van der Waals surface area contributed by atoms with Crippen LogP contribution >= 0.6 is 36.4 Å². The van der Waals surface area contributed by atoms with Gasteiger partial charge in [0.15, 0.2) is 11.6 Å². The molecule has 0 bridgehead atoms. The number of hydrogen-bond acceptors (Lipinski definition) is 29. The Morgan fingerprint density at radius 2 is 0.923 bits per heavy atom. The number of likely N-dealkylation sites (tertiary alicyclic amines) is 1. The van der Waals surface area contributed by atoms with Gasteiger partial charge in [0.1, 0.15) is 18.5 Å². The van der Waals surface area contributed by atoms with Gasteiger partial charge in [-0.25, -0.2) is 10.1 Å². The van der Waals surface area contributed by atoms with Crippen molar-refractivity contribution in [1.82, 2.24) is 41.0 Å². The summed E-state index contributed by atoms with van der Waals surface area (Å²) in [7, 11) is 0. The summed E-state index contributed by atoms with van der Waals surface area (Å²) in [6.07, 6.45) is 13.8. The number of ketones is 2. The van der Waals surface area contributed by atoms with E-state index in [1.54, 1.807) is 0 Å². The minimum absolute atomic E-state index is 0. The van der Waals surface area contributed by atoms with E-state index in [9.17, 15) is 71.9 Å². The lowest BCUT2D eigenvalue weighted by Crippen LogP contribution is -2.44. The molecule has 0 aromatic carbocycles. The molecule has 11 N–H and O–H groups in total. The average Bonchev–Trinajstić information content (AvgIpc) is 1.67. The number of thiol groups is 1. The number of Topliss-reactive ketones (excluding diaryl/α,β-unsaturated/α-hetero) is 2. The zero-order chi connectivity index (χ0) is 76.4. The number of rotatable bonds is 37. The average molecular weight is 1530 g/mol. The predicted molar refractivity (Wildman–Crippen MR) is 384 cm³/mol. The third-order valence-electron chi connectivity index (χ3n) is 16.9. The molecule has 104 heavy (non-hydrogen) atoms. The van der Waals surface area contributed by atoms with Gasteiger partial charge >= 0.3 is 5.97 Å². The Bertz CT molecular complexity index is 2840. The molecule has 3 saturated carbocycles. The number of carbonyl (C=O) groups excluding carboxylic acids is 15. The molecule has 4 aliphatic heterocycles. The molecule has 0 radical (unpaired) electrons. The Kier molecular flexibility index (Phi) is 47.1. The van der Waals surface area contributed by atoms with E-state index in [1.165, 1.54) is 64.6 Å². The highest BCUT2D eigenvalue weighted by Crippen LogP contribution is 2.35. The van der Waals surface area contributed by atoms with Crippen LogP contribution in [0.2, 0.25) is 0 Å². The topological polar surface area (TPSA) is 480 Å². The van der Waals surface area contributed by atoms with E-state index in [0.717, 1.165) is 57.9 Å². The maximum Gasteiger partial charge on any atom is 0.336 e. The molecule has 2 saturated heterocycles. The zero-order valence-electron chi connectivity index (χ0n) is 59.4. The van der Waals surface area contributed by atoms with E-state index in [4.69, 9.17) is 46.2 Å². The van der Waals surface area contributed by atoms with Crippen LogP contribution in [0.5, 0.6) is 0 Å². The first-order valence-electron chi connectivity index (χ1n) is 34.7. The van der Waals surface area contributed by atoms with Gasteiger partial charge in [0.2, 0.25) is 35.4 Å². The molecule has 34 nitrogen and oxygen atoms in total. The van der Waals surface area contributed by atoms with Gasteiger partial charge in [-0.05, 0) is 129 Å². The number of ether oxygens (including phenoxy) is 4. The van der Waals surface area contributed by atoms with Gasteiger partial charge < -0.3 is 62.3 Å². The van der Waals surface area contributed by atoms with Gasteiger partial charge in [-0.3, -0.25) is 81.8 Å². The largest absolute Gasteiger partial charge is 0.377 e. The Hall–Kier alpha value is -6.62. The van der Waals surface area contributed by atoms with Crippen LogP contribution < -0.4 is 38.5 Å². The van der Waals surface area contributed by atoms with Crippen LogP contribution in [0, 0.1) is 35.5 Å². The lowest BCUT2D eigenvalue weighted by molar-refractivity contribution is -0.432. The van der Waals surface area contributed by atoms with E-state index in [-0.39, 0.29) is 147 Å². The second kappa shape index (κ2) is 52.4. The molecule has 5 fully saturated rings. The first-order chi connectivity index (χ1) is 49.2. The number of nitrogens with one attached hydrogen (secondary N) is 4. The summed E-state index contributed by atoms with van der Waals surface area (Å²) in [4.78, 5) is 185. The van der Waals surface area contributed by atoms with Crippen molar-refractivity contribution in [1.29, 1.82) is 0 Å². The van der Waals surface area contributed by atoms with Crippen LogP contribution in [0.4, 0.5) is 0 Å². The van der Waals surface area contributed by atoms with Crippen LogP contribution in [0.3, 0.4) is 0 Å². The van der Waals surface area contributed by atoms with E-state index in [1.807, 2.05) is 20.8 Å². The number of nitrogens with two attached hydrogens (primary N) is 3. The molecule has 0 spiro atoms. The molecule has 7 aliphatic rings. The summed E-state index contributed by atoms with van der Waals surface area (Å²) >= 11 is 5.59. The summed E-state index contributed by atoms with van der Waals surface area (Å²) in [6.45, 7) is 14.7. The number of hydroxylamine groups is 2.